The van der Waals surface area contributed by atoms with Crippen LogP contribution in [0.2, 0.25) is 0 Å². The molecule has 0 spiro atoms. The maximum Gasteiger partial charge on any atom is 0.189 e. The molecule has 0 atom stereocenters. The van der Waals surface area contributed by atoms with Crippen LogP contribution in [0, 0.1) is 0 Å². The van der Waals surface area contributed by atoms with Crippen molar-refractivity contribution in [2.24, 2.45) is 0 Å². The van der Waals surface area contributed by atoms with Gasteiger partial charge in [0, 0.05) is 0 Å². The number of hydrogen-bond acceptors (Lipinski definition) is 1. The second-order valence-corrected chi connectivity index (χ2v) is 4.66. The average molecular weight is 146 g/mol. The molecule has 0 saturated carbocycles. The minimum Gasteiger partial charge on any atom is -0.345 e. The van der Waals surface area contributed by atoms with Crippen molar-refractivity contribution in [2.45, 2.75) is 0 Å². The van der Waals surface area contributed by atoms with E-state index in [4.69, 9.17) is 22.2 Å². The summed E-state index contributed by atoms with van der Waals surface area (Å²) in [5.74, 6) is 0. The van der Waals surface area contributed by atoms with Gasteiger partial charge in [-0.15, -0.1) is 0 Å². The van der Waals surface area contributed by atoms with E-state index >= 15 is 0 Å². The normalized spacial score (nSPS) is 13.2. The molecule has 0 aromatic rings. The minimum absolute atomic E-state index is 0.434. The molecule has 1 N–H and O–H groups in total. The quantitative estimate of drug-likeness (QED) is 0.391. The molecule has 5 heteroatoms. The van der Waals surface area contributed by atoms with Crippen LogP contribution in [0.4, 0.5) is 0 Å². The van der Waals surface area contributed by atoms with Crippen molar-refractivity contribution in [3.63, 3.8) is 0 Å². The van der Waals surface area contributed by atoms with Crippen LogP contribution < -0.4 is 4.65 Å². The zero-order valence-electron chi connectivity index (χ0n) is 2.67. The molecule has 0 heterocycles. The molecule has 0 aliphatic heterocycles. The maximum absolute atomic E-state index is 5.28. The van der Waals surface area contributed by atoms with Gasteiger partial charge in [-0.2, -0.15) is 22.2 Å². The van der Waals surface area contributed by atoms with E-state index in [1.807, 2.05) is 0 Å². The molecule has 0 aliphatic rings. The molecule has 1 nitrogen and oxygen atoms in total. The number of rotatable bonds is 2. The molecule has 0 aliphatic carbocycles. The molecular weight excluding hydrogens is 141 g/mol. The van der Waals surface area contributed by atoms with E-state index in [1.54, 1.807) is 0 Å². The van der Waals surface area contributed by atoms with E-state index in [0.29, 0.717) is 0 Å². The Kier molecular flexibility index (Phi) is 5.94. The predicted octanol–water partition coefficient (Wildman–Crippen LogP) is -0.949. The van der Waals surface area contributed by atoms with Gasteiger partial charge < -0.3 is 4.65 Å². The van der Waals surface area contributed by atoms with Crippen LogP contribution in [-0.2, 0) is 0 Å². The van der Waals surface area contributed by atoms with Gasteiger partial charge in [0.1, 0.15) is 0 Å². The van der Waals surface area contributed by atoms with E-state index in [0.717, 1.165) is 0 Å². The first-order valence-electron chi connectivity index (χ1n) is 1.24. The zero-order valence-corrected chi connectivity index (χ0v) is 7.01. The summed E-state index contributed by atoms with van der Waals surface area (Å²) in [5.41, 5.74) is 0. The summed E-state index contributed by atoms with van der Waals surface area (Å²) in [6.07, 6.45) is 0. The van der Waals surface area contributed by atoms with Crippen LogP contribution in [0.15, 0.2) is 0 Å². The Morgan fingerprint density at radius 1 is 1.20 bits per heavy atom. The van der Waals surface area contributed by atoms with Crippen LogP contribution in [0.1, 0.15) is 0 Å². The highest BCUT2D eigenvalue weighted by Gasteiger charge is 1.71. The highest BCUT2D eigenvalue weighted by molar-refractivity contribution is 7.02. The van der Waals surface area contributed by atoms with E-state index < -0.39 is 18.0 Å². The Morgan fingerprint density at radius 3 is 1.60 bits per heavy atom. The fourth-order valence-corrected chi connectivity index (χ4v) is 2.89. The Hall–Kier alpha value is 0.974. The van der Waals surface area contributed by atoms with Crippen molar-refractivity contribution in [1.82, 2.24) is 4.65 Å². The highest BCUT2D eigenvalue weighted by Crippen LogP contribution is 1.60. The van der Waals surface area contributed by atoms with Gasteiger partial charge in [-0.1, -0.05) is 0 Å². The molecule has 0 bridgehead atoms. The first-order chi connectivity index (χ1) is 2.41. The summed E-state index contributed by atoms with van der Waals surface area (Å²) in [5, 5.41) is 0. The molecular formula is H5Cl2NSi2. The van der Waals surface area contributed by atoms with Crippen LogP contribution in [0.5, 0.6) is 0 Å². The summed E-state index contributed by atoms with van der Waals surface area (Å²) in [6.45, 7) is 0. The molecule has 0 fully saturated rings. The molecule has 5 heavy (non-hydrogen) atoms. The number of hydrogen-bond donors (Lipinski definition) is 1. The lowest BCUT2D eigenvalue weighted by molar-refractivity contribution is 1.66. The van der Waals surface area contributed by atoms with Crippen LogP contribution >= 0.6 is 22.2 Å². The van der Waals surface area contributed by atoms with E-state index in [1.165, 1.54) is 0 Å². The monoisotopic (exact) mass is 145 g/mol. The highest BCUT2D eigenvalue weighted by atomic mass is 35.6. The van der Waals surface area contributed by atoms with Gasteiger partial charge in [0.25, 0.3) is 0 Å². The first-order valence-corrected chi connectivity index (χ1v) is 6.93. The van der Waals surface area contributed by atoms with E-state index in [-0.39, 0.29) is 0 Å². The molecule has 32 valence electrons. The number of nitrogens with one attached hydrogen (secondary N) is 1. The molecule has 0 rings (SSSR count). The van der Waals surface area contributed by atoms with Crippen LogP contribution in [0.3, 0.4) is 0 Å². The van der Waals surface area contributed by atoms with Crippen molar-refractivity contribution >= 4 is 40.1 Å². The lowest BCUT2D eigenvalue weighted by Crippen LogP contribution is -2.14. The minimum atomic E-state index is -0.434. The van der Waals surface area contributed by atoms with Crippen molar-refractivity contribution in [3.8, 4) is 0 Å². The summed E-state index contributed by atoms with van der Waals surface area (Å²) in [4.78, 5) is 0. The molecule has 0 aromatic carbocycles. The van der Waals surface area contributed by atoms with Gasteiger partial charge in [-0.05, 0) is 0 Å². The van der Waals surface area contributed by atoms with E-state index in [2.05, 4.69) is 4.65 Å². The molecule has 0 amide bonds. The predicted molar refractivity (Wildman–Crippen MR) is 31.9 cm³/mol. The van der Waals surface area contributed by atoms with E-state index in [9.17, 15) is 0 Å². The summed E-state index contributed by atoms with van der Waals surface area (Å²) in [7, 11) is -0.868. The third-order valence-corrected chi connectivity index (χ3v) is 5.10. The molecule has 0 radical (unpaired) electrons. The summed E-state index contributed by atoms with van der Waals surface area (Å²) >= 11 is 10.6. The first kappa shape index (κ1) is 5.97. The zero-order chi connectivity index (χ0) is 4.12. The Bertz CT molecular complexity index is 15.1. The second-order valence-electron chi connectivity index (χ2n) is 0.517. The smallest absolute Gasteiger partial charge is 0.189 e. The fourth-order valence-electron chi connectivity index (χ4n) is 0.0357. The summed E-state index contributed by atoms with van der Waals surface area (Å²) in [6, 6.07) is 0. The van der Waals surface area contributed by atoms with Crippen molar-refractivity contribution in [2.75, 3.05) is 0 Å². The largest absolute Gasteiger partial charge is 0.345 e. The fraction of sp³-hybridized carbons (Fsp3) is 0. The third kappa shape index (κ3) is 4.97. The van der Waals surface area contributed by atoms with Crippen LogP contribution in [-0.4, -0.2) is 18.0 Å². The van der Waals surface area contributed by atoms with Crippen molar-refractivity contribution in [1.29, 1.82) is 0 Å². The number of halogens is 2. The summed E-state index contributed by atoms with van der Waals surface area (Å²) < 4.78 is 2.92. The molecule has 0 aromatic heterocycles. The second kappa shape index (κ2) is 4.97. The maximum atomic E-state index is 5.28. The van der Waals surface area contributed by atoms with Gasteiger partial charge in [0.05, 0.1) is 0 Å². The Balaban J connectivity index is 2.19. The van der Waals surface area contributed by atoms with Gasteiger partial charge in [0.15, 0.2) is 18.0 Å². The van der Waals surface area contributed by atoms with Crippen LogP contribution in [0.25, 0.3) is 0 Å². The Labute approximate surface area is 45.2 Å². The molecule has 0 unspecified atom stereocenters. The standard InChI is InChI=1S/Cl2H5NSi2/c1-4-3-5-2/h3H,4-5H2. The lowest BCUT2D eigenvalue weighted by atomic mass is 13.9. The SMILES string of the molecule is Cl[SiH2]N[SiH2]Cl. The van der Waals surface area contributed by atoms with Crippen molar-refractivity contribution < 1.29 is 0 Å². The third-order valence-electron chi connectivity index (χ3n) is 0.189. The Morgan fingerprint density at radius 2 is 1.60 bits per heavy atom. The average Bonchev–Trinajstić information content (AvgIpc) is 1.41. The van der Waals surface area contributed by atoms with Crippen molar-refractivity contribution in [3.05, 3.63) is 0 Å². The topological polar surface area (TPSA) is 12.0 Å². The van der Waals surface area contributed by atoms with Gasteiger partial charge in [-0.3, -0.25) is 0 Å². The molecule has 0 saturated heterocycles. The van der Waals surface area contributed by atoms with Gasteiger partial charge in [-0.25, -0.2) is 0 Å². The lowest BCUT2D eigenvalue weighted by Gasteiger charge is -1.80. The van der Waals surface area contributed by atoms with Gasteiger partial charge in [0.2, 0.25) is 0 Å². The van der Waals surface area contributed by atoms with Gasteiger partial charge >= 0.3 is 0 Å².